The first-order valence-electron chi connectivity index (χ1n) is 4.37. The van der Waals surface area contributed by atoms with Crippen LogP contribution in [0.4, 0.5) is 0 Å². The summed E-state index contributed by atoms with van der Waals surface area (Å²) >= 11 is 0. The van der Waals surface area contributed by atoms with Crippen molar-refractivity contribution in [2.24, 2.45) is 5.73 Å². The standard InChI is InChI=1S/C8H7N.C3H7NO2/c1-7-3-2-4-8(5-7)6-9;1-6-3(5)2-4/h2-5H,1H3;2,4H2,1H3. The number of rotatable bonds is 1. The molecule has 0 aromatic heterocycles. The Hall–Kier alpha value is -1.86. The predicted octanol–water partition coefficient (Wildman–Crippen LogP) is 0.985. The smallest absolute Gasteiger partial charge is 0.319 e. The minimum Gasteiger partial charge on any atom is -0.468 e. The number of hydrogen-bond donors (Lipinski definition) is 1. The fraction of sp³-hybridized carbons (Fsp3) is 0.273. The molecular weight excluding hydrogens is 192 g/mol. The van der Waals surface area contributed by atoms with Crippen LogP contribution < -0.4 is 5.73 Å². The lowest BCUT2D eigenvalue weighted by Crippen LogP contribution is -2.14. The second-order valence-corrected chi connectivity index (χ2v) is 2.76. The second-order valence-electron chi connectivity index (χ2n) is 2.76. The van der Waals surface area contributed by atoms with Crippen LogP contribution >= 0.6 is 0 Å². The number of carbonyl (C=O) groups is 1. The fourth-order valence-corrected chi connectivity index (χ4v) is 0.798. The SMILES string of the molecule is COC(=O)CN.Cc1cccc(C#N)c1. The molecule has 0 saturated carbocycles. The van der Waals surface area contributed by atoms with Crippen molar-refractivity contribution in [1.29, 1.82) is 5.26 Å². The molecule has 0 saturated heterocycles. The molecule has 0 bridgehead atoms. The van der Waals surface area contributed by atoms with Crippen LogP contribution in [-0.2, 0) is 9.53 Å². The van der Waals surface area contributed by atoms with Crippen LogP contribution in [0.5, 0.6) is 0 Å². The highest BCUT2D eigenvalue weighted by atomic mass is 16.5. The van der Waals surface area contributed by atoms with Gasteiger partial charge in [0.2, 0.25) is 0 Å². The van der Waals surface area contributed by atoms with Crippen molar-refractivity contribution in [2.75, 3.05) is 13.7 Å². The van der Waals surface area contributed by atoms with Crippen LogP contribution in [-0.4, -0.2) is 19.6 Å². The highest BCUT2D eigenvalue weighted by Gasteiger charge is 1.88. The van der Waals surface area contributed by atoms with E-state index in [0.29, 0.717) is 0 Å². The minimum absolute atomic E-state index is 0.0312. The van der Waals surface area contributed by atoms with Crippen LogP contribution in [0, 0.1) is 18.3 Å². The Morgan fingerprint density at radius 3 is 2.53 bits per heavy atom. The second kappa shape index (κ2) is 7.54. The van der Waals surface area contributed by atoms with Crippen molar-refractivity contribution in [3.8, 4) is 6.07 Å². The average molecular weight is 206 g/mol. The predicted molar refractivity (Wildman–Crippen MR) is 57.0 cm³/mol. The third-order valence-corrected chi connectivity index (χ3v) is 1.54. The first-order chi connectivity index (χ1) is 7.13. The van der Waals surface area contributed by atoms with Gasteiger partial charge in [0.1, 0.15) is 0 Å². The largest absolute Gasteiger partial charge is 0.468 e. The molecule has 0 aliphatic rings. The summed E-state index contributed by atoms with van der Waals surface area (Å²) in [7, 11) is 1.30. The first-order valence-corrected chi connectivity index (χ1v) is 4.37. The maximum Gasteiger partial charge on any atom is 0.319 e. The molecule has 0 unspecified atom stereocenters. The van der Waals surface area contributed by atoms with Gasteiger partial charge >= 0.3 is 5.97 Å². The van der Waals surface area contributed by atoms with E-state index < -0.39 is 0 Å². The van der Waals surface area contributed by atoms with Crippen LogP contribution in [0.3, 0.4) is 0 Å². The maximum absolute atomic E-state index is 9.83. The quantitative estimate of drug-likeness (QED) is 0.695. The van der Waals surface area contributed by atoms with Gasteiger partial charge in [0.25, 0.3) is 0 Å². The lowest BCUT2D eigenvalue weighted by atomic mass is 10.2. The number of nitriles is 1. The monoisotopic (exact) mass is 206 g/mol. The molecule has 0 fully saturated rings. The van der Waals surface area contributed by atoms with E-state index in [1.807, 2.05) is 25.1 Å². The number of nitrogens with zero attached hydrogens (tertiary/aromatic N) is 1. The Morgan fingerprint density at radius 2 is 2.27 bits per heavy atom. The van der Waals surface area contributed by atoms with Gasteiger partial charge < -0.3 is 10.5 Å². The summed E-state index contributed by atoms with van der Waals surface area (Å²) in [6, 6.07) is 9.58. The summed E-state index contributed by atoms with van der Waals surface area (Å²) in [5.41, 5.74) is 6.67. The van der Waals surface area contributed by atoms with Gasteiger partial charge in [-0.05, 0) is 24.6 Å². The molecular formula is C11H14N2O2. The summed E-state index contributed by atoms with van der Waals surface area (Å²) in [6.07, 6.45) is 0. The van der Waals surface area contributed by atoms with Gasteiger partial charge in [-0.25, -0.2) is 0 Å². The van der Waals surface area contributed by atoms with Crippen molar-refractivity contribution < 1.29 is 9.53 Å². The molecule has 0 spiro atoms. The first kappa shape index (κ1) is 13.1. The molecule has 0 aliphatic heterocycles. The van der Waals surface area contributed by atoms with Crippen LogP contribution in [0.25, 0.3) is 0 Å². The number of methoxy groups -OCH3 is 1. The molecule has 1 aromatic rings. The third-order valence-electron chi connectivity index (χ3n) is 1.54. The van der Waals surface area contributed by atoms with E-state index in [4.69, 9.17) is 11.0 Å². The summed E-state index contributed by atoms with van der Waals surface area (Å²) in [6.45, 7) is 1.94. The summed E-state index contributed by atoms with van der Waals surface area (Å²) in [5, 5.41) is 8.41. The van der Waals surface area contributed by atoms with Gasteiger partial charge in [-0.1, -0.05) is 12.1 Å². The Labute approximate surface area is 89.3 Å². The molecule has 80 valence electrons. The number of esters is 1. The molecule has 1 rings (SSSR count). The lowest BCUT2D eigenvalue weighted by Gasteiger charge is -1.88. The molecule has 4 heteroatoms. The van der Waals surface area contributed by atoms with Gasteiger partial charge in [0.15, 0.2) is 0 Å². The van der Waals surface area contributed by atoms with E-state index in [0.717, 1.165) is 11.1 Å². The molecule has 1 aromatic carbocycles. The van der Waals surface area contributed by atoms with Gasteiger partial charge in [0, 0.05) is 0 Å². The zero-order chi connectivity index (χ0) is 11.7. The molecule has 4 nitrogen and oxygen atoms in total. The molecule has 15 heavy (non-hydrogen) atoms. The van der Waals surface area contributed by atoms with E-state index in [9.17, 15) is 4.79 Å². The summed E-state index contributed by atoms with van der Waals surface area (Å²) in [5.74, 6) is -0.380. The molecule has 0 atom stereocenters. The summed E-state index contributed by atoms with van der Waals surface area (Å²) < 4.78 is 4.14. The van der Waals surface area contributed by atoms with Crippen molar-refractivity contribution in [1.82, 2.24) is 0 Å². The maximum atomic E-state index is 9.83. The minimum atomic E-state index is -0.380. The highest BCUT2D eigenvalue weighted by Crippen LogP contribution is 2.00. The fourth-order valence-electron chi connectivity index (χ4n) is 0.798. The van der Waals surface area contributed by atoms with E-state index in [1.54, 1.807) is 6.07 Å². The van der Waals surface area contributed by atoms with Gasteiger partial charge in [-0.3, -0.25) is 4.79 Å². The Kier molecular flexibility index (Phi) is 6.60. The third kappa shape index (κ3) is 6.24. The zero-order valence-electron chi connectivity index (χ0n) is 8.86. The van der Waals surface area contributed by atoms with Crippen LogP contribution in [0.1, 0.15) is 11.1 Å². The number of benzene rings is 1. The topological polar surface area (TPSA) is 76.1 Å². The van der Waals surface area contributed by atoms with E-state index >= 15 is 0 Å². The Bertz CT molecular complexity index is 350. The normalized spacial score (nSPS) is 8.13. The number of nitrogens with two attached hydrogens (primary N) is 1. The number of aryl methyl sites for hydroxylation is 1. The van der Waals surface area contributed by atoms with Crippen molar-refractivity contribution in [2.45, 2.75) is 6.92 Å². The van der Waals surface area contributed by atoms with E-state index in [-0.39, 0.29) is 12.5 Å². The van der Waals surface area contributed by atoms with Crippen molar-refractivity contribution >= 4 is 5.97 Å². The molecule has 0 radical (unpaired) electrons. The molecule has 2 N–H and O–H groups in total. The number of ether oxygens (including phenoxy) is 1. The summed E-state index contributed by atoms with van der Waals surface area (Å²) in [4.78, 5) is 9.83. The van der Waals surface area contributed by atoms with Crippen molar-refractivity contribution in [3.63, 3.8) is 0 Å². The Morgan fingerprint density at radius 1 is 1.60 bits per heavy atom. The van der Waals surface area contributed by atoms with Crippen LogP contribution in [0.2, 0.25) is 0 Å². The van der Waals surface area contributed by atoms with Gasteiger partial charge in [-0.2, -0.15) is 5.26 Å². The number of hydrogen-bond acceptors (Lipinski definition) is 4. The van der Waals surface area contributed by atoms with E-state index in [2.05, 4.69) is 10.8 Å². The number of carbonyl (C=O) groups excluding carboxylic acids is 1. The molecule has 0 aliphatic carbocycles. The van der Waals surface area contributed by atoms with Gasteiger partial charge in [-0.15, -0.1) is 0 Å². The zero-order valence-corrected chi connectivity index (χ0v) is 8.86. The Balaban J connectivity index is 0.000000288. The highest BCUT2D eigenvalue weighted by molar-refractivity contribution is 5.70. The van der Waals surface area contributed by atoms with E-state index in [1.165, 1.54) is 7.11 Å². The van der Waals surface area contributed by atoms with Gasteiger partial charge in [0.05, 0.1) is 25.3 Å². The molecule has 0 amide bonds. The molecule has 0 heterocycles. The average Bonchev–Trinajstić information content (AvgIpc) is 2.28. The van der Waals surface area contributed by atoms with Crippen molar-refractivity contribution in [3.05, 3.63) is 35.4 Å². The van der Waals surface area contributed by atoms with Crippen LogP contribution in [0.15, 0.2) is 24.3 Å². The lowest BCUT2D eigenvalue weighted by molar-refractivity contribution is -0.138.